The van der Waals surface area contributed by atoms with Crippen molar-refractivity contribution in [1.82, 2.24) is 20.3 Å². The Morgan fingerprint density at radius 3 is 2.55 bits per heavy atom. The molecule has 1 unspecified atom stereocenters. The van der Waals surface area contributed by atoms with Crippen molar-refractivity contribution in [3.63, 3.8) is 0 Å². The molecule has 0 fully saturated rings. The van der Waals surface area contributed by atoms with Gasteiger partial charge in [0, 0.05) is 0 Å². The van der Waals surface area contributed by atoms with E-state index in [2.05, 4.69) is 29.5 Å². The summed E-state index contributed by atoms with van der Waals surface area (Å²) in [5.74, 6) is 0. The zero-order valence-corrected chi connectivity index (χ0v) is 13.3. The molecule has 20 heavy (non-hydrogen) atoms. The standard InChI is InChI=1S/C14H18Cl2N4/c1-4-12(17-3)14-13(5-2)20(19-18-14)9-6-7-10(15)11(16)8-9/h6-8,12,17H,4-5H2,1-3H3. The normalized spacial score (nSPS) is 12.7. The Bertz CT molecular complexity index is 591. The van der Waals surface area contributed by atoms with E-state index in [1.807, 2.05) is 23.9 Å². The number of aromatic nitrogens is 3. The van der Waals surface area contributed by atoms with Crippen LogP contribution in [0.25, 0.3) is 5.69 Å². The first-order valence-electron chi connectivity index (χ1n) is 6.69. The third-order valence-electron chi connectivity index (χ3n) is 3.36. The maximum atomic E-state index is 6.08. The molecular formula is C14H18Cl2N4. The van der Waals surface area contributed by atoms with Crippen LogP contribution in [0.4, 0.5) is 0 Å². The molecule has 1 atom stereocenters. The van der Waals surface area contributed by atoms with Crippen LogP contribution in [0.15, 0.2) is 18.2 Å². The van der Waals surface area contributed by atoms with E-state index in [-0.39, 0.29) is 6.04 Å². The minimum absolute atomic E-state index is 0.210. The highest BCUT2D eigenvalue weighted by Crippen LogP contribution is 2.26. The predicted octanol–water partition coefficient (Wildman–Crippen LogP) is 3.81. The molecule has 4 nitrogen and oxygen atoms in total. The van der Waals surface area contributed by atoms with E-state index in [4.69, 9.17) is 23.2 Å². The van der Waals surface area contributed by atoms with Crippen LogP contribution in [0, 0.1) is 0 Å². The minimum Gasteiger partial charge on any atom is -0.312 e. The van der Waals surface area contributed by atoms with Gasteiger partial charge in [-0.2, -0.15) is 0 Å². The van der Waals surface area contributed by atoms with Crippen molar-refractivity contribution in [2.75, 3.05) is 7.05 Å². The number of nitrogens with one attached hydrogen (secondary N) is 1. The molecule has 0 aliphatic carbocycles. The maximum Gasteiger partial charge on any atom is 0.103 e. The molecule has 0 amide bonds. The summed E-state index contributed by atoms with van der Waals surface area (Å²) in [6, 6.07) is 5.69. The van der Waals surface area contributed by atoms with Gasteiger partial charge < -0.3 is 5.32 Å². The molecule has 6 heteroatoms. The Hall–Kier alpha value is -1.10. The zero-order valence-electron chi connectivity index (χ0n) is 11.8. The third kappa shape index (κ3) is 2.82. The smallest absolute Gasteiger partial charge is 0.103 e. The summed E-state index contributed by atoms with van der Waals surface area (Å²) in [5.41, 5.74) is 2.95. The van der Waals surface area contributed by atoms with Gasteiger partial charge in [0.25, 0.3) is 0 Å². The van der Waals surface area contributed by atoms with Crippen LogP contribution in [-0.4, -0.2) is 22.0 Å². The van der Waals surface area contributed by atoms with Gasteiger partial charge in [-0.1, -0.05) is 42.3 Å². The molecule has 2 aromatic rings. The molecule has 108 valence electrons. The van der Waals surface area contributed by atoms with Gasteiger partial charge in [0.2, 0.25) is 0 Å². The van der Waals surface area contributed by atoms with Gasteiger partial charge in [-0.05, 0) is 38.1 Å². The maximum absolute atomic E-state index is 6.08. The minimum atomic E-state index is 0.210. The molecule has 0 saturated carbocycles. The summed E-state index contributed by atoms with van der Waals surface area (Å²) in [6.07, 6.45) is 1.81. The zero-order chi connectivity index (χ0) is 14.7. The van der Waals surface area contributed by atoms with Crippen molar-refractivity contribution in [3.8, 4) is 5.69 Å². The van der Waals surface area contributed by atoms with Crippen molar-refractivity contribution in [1.29, 1.82) is 0 Å². The summed E-state index contributed by atoms with van der Waals surface area (Å²) in [5, 5.41) is 12.9. The van der Waals surface area contributed by atoms with E-state index in [0.29, 0.717) is 10.0 Å². The van der Waals surface area contributed by atoms with Crippen molar-refractivity contribution in [2.24, 2.45) is 0 Å². The third-order valence-corrected chi connectivity index (χ3v) is 4.10. The Labute approximate surface area is 129 Å². The van der Waals surface area contributed by atoms with Gasteiger partial charge in [-0.15, -0.1) is 5.10 Å². The summed E-state index contributed by atoms with van der Waals surface area (Å²) in [7, 11) is 1.94. The number of hydrogen-bond donors (Lipinski definition) is 1. The molecule has 1 aromatic carbocycles. The lowest BCUT2D eigenvalue weighted by Crippen LogP contribution is -2.17. The molecule has 0 aliphatic rings. The Balaban J connectivity index is 2.49. The number of nitrogens with zero attached hydrogens (tertiary/aromatic N) is 3. The van der Waals surface area contributed by atoms with Crippen LogP contribution < -0.4 is 5.32 Å². The van der Waals surface area contributed by atoms with Crippen molar-refractivity contribution >= 4 is 23.2 Å². The number of rotatable bonds is 5. The highest BCUT2D eigenvalue weighted by atomic mass is 35.5. The molecule has 0 radical (unpaired) electrons. The lowest BCUT2D eigenvalue weighted by Gasteiger charge is -2.13. The molecule has 0 bridgehead atoms. The fourth-order valence-electron chi connectivity index (χ4n) is 2.27. The fourth-order valence-corrected chi connectivity index (χ4v) is 2.57. The number of benzene rings is 1. The lowest BCUT2D eigenvalue weighted by atomic mass is 10.1. The van der Waals surface area contributed by atoms with Gasteiger partial charge in [-0.3, -0.25) is 0 Å². The summed E-state index contributed by atoms with van der Waals surface area (Å²) >= 11 is 12.0. The van der Waals surface area contributed by atoms with Gasteiger partial charge >= 0.3 is 0 Å². The molecule has 1 N–H and O–H groups in total. The van der Waals surface area contributed by atoms with Crippen LogP contribution in [-0.2, 0) is 6.42 Å². The molecule has 0 aliphatic heterocycles. The fraction of sp³-hybridized carbons (Fsp3) is 0.429. The first-order chi connectivity index (χ1) is 9.62. The SMILES string of the molecule is CCc1c(C(CC)NC)nnn1-c1ccc(Cl)c(Cl)c1. The van der Waals surface area contributed by atoms with E-state index in [0.717, 1.165) is 29.9 Å². The van der Waals surface area contributed by atoms with Crippen LogP contribution in [0.1, 0.15) is 37.7 Å². The summed E-state index contributed by atoms with van der Waals surface area (Å²) < 4.78 is 1.83. The average molecular weight is 313 g/mol. The van der Waals surface area contributed by atoms with Crippen molar-refractivity contribution < 1.29 is 0 Å². The van der Waals surface area contributed by atoms with Crippen molar-refractivity contribution in [3.05, 3.63) is 39.6 Å². The Kier molecular flexibility index (Phi) is 5.02. The number of hydrogen-bond acceptors (Lipinski definition) is 3. The van der Waals surface area contributed by atoms with Gasteiger partial charge in [0.15, 0.2) is 0 Å². The average Bonchev–Trinajstić information content (AvgIpc) is 2.87. The van der Waals surface area contributed by atoms with E-state index >= 15 is 0 Å². The Morgan fingerprint density at radius 2 is 2.00 bits per heavy atom. The summed E-state index contributed by atoms with van der Waals surface area (Å²) in [6.45, 7) is 4.22. The van der Waals surface area contributed by atoms with E-state index in [1.165, 1.54) is 0 Å². The second-order valence-corrected chi connectivity index (χ2v) is 5.35. The molecule has 2 rings (SSSR count). The van der Waals surface area contributed by atoms with E-state index in [9.17, 15) is 0 Å². The van der Waals surface area contributed by atoms with E-state index < -0.39 is 0 Å². The Morgan fingerprint density at radius 1 is 1.25 bits per heavy atom. The topological polar surface area (TPSA) is 42.7 Å². The monoisotopic (exact) mass is 312 g/mol. The van der Waals surface area contributed by atoms with Crippen LogP contribution in [0.5, 0.6) is 0 Å². The second kappa shape index (κ2) is 6.57. The van der Waals surface area contributed by atoms with Crippen LogP contribution in [0.3, 0.4) is 0 Å². The highest BCUT2D eigenvalue weighted by molar-refractivity contribution is 6.42. The van der Waals surface area contributed by atoms with Crippen LogP contribution in [0.2, 0.25) is 10.0 Å². The highest BCUT2D eigenvalue weighted by Gasteiger charge is 2.19. The first kappa shape index (κ1) is 15.3. The van der Waals surface area contributed by atoms with E-state index in [1.54, 1.807) is 6.07 Å². The van der Waals surface area contributed by atoms with Gasteiger partial charge in [0.05, 0.1) is 27.5 Å². The predicted molar refractivity (Wildman–Crippen MR) is 82.8 cm³/mol. The summed E-state index contributed by atoms with van der Waals surface area (Å²) in [4.78, 5) is 0. The molecular weight excluding hydrogens is 295 g/mol. The van der Waals surface area contributed by atoms with Gasteiger partial charge in [0.1, 0.15) is 5.69 Å². The quantitative estimate of drug-likeness (QED) is 0.913. The lowest BCUT2D eigenvalue weighted by molar-refractivity contribution is 0.555. The molecule has 1 heterocycles. The second-order valence-electron chi connectivity index (χ2n) is 4.53. The molecule has 0 saturated heterocycles. The molecule has 1 aromatic heterocycles. The molecule has 0 spiro atoms. The van der Waals surface area contributed by atoms with Crippen molar-refractivity contribution in [2.45, 2.75) is 32.7 Å². The number of halogens is 2. The van der Waals surface area contributed by atoms with Gasteiger partial charge in [-0.25, -0.2) is 4.68 Å². The first-order valence-corrected chi connectivity index (χ1v) is 7.45. The largest absolute Gasteiger partial charge is 0.312 e. The van der Waals surface area contributed by atoms with Crippen LogP contribution >= 0.6 is 23.2 Å².